The van der Waals surface area contributed by atoms with Gasteiger partial charge in [-0.3, -0.25) is 9.69 Å². The van der Waals surface area contributed by atoms with Crippen molar-refractivity contribution in [3.05, 3.63) is 66.2 Å². The van der Waals surface area contributed by atoms with Gasteiger partial charge in [-0.25, -0.2) is 0 Å². The highest BCUT2D eigenvalue weighted by atomic mass is 16.3. The maximum Gasteiger partial charge on any atom is 0.239 e. The van der Waals surface area contributed by atoms with Crippen molar-refractivity contribution in [3.8, 4) is 5.75 Å². The number of amides is 1. The lowest BCUT2D eigenvalue weighted by Gasteiger charge is -2.39. The van der Waals surface area contributed by atoms with Gasteiger partial charge in [0.05, 0.1) is 6.04 Å². The van der Waals surface area contributed by atoms with E-state index in [4.69, 9.17) is 0 Å². The second-order valence-corrected chi connectivity index (χ2v) is 7.85. The molecule has 0 aliphatic carbocycles. The van der Waals surface area contributed by atoms with Crippen molar-refractivity contribution in [2.45, 2.75) is 19.4 Å². The first-order valence-electron chi connectivity index (χ1n) is 10.4. The van der Waals surface area contributed by atoms with Crippen molar-refractivity contribution in [1.29, 1.82) is 0 Å². The monoisotopic (exact) mass is 391 g/mol. The summed E-state index contributed by atoms with van der Waals surface area (Å²) in [5, 5.41) is 9.46. The summed E-state index contributed by atoms with van der Waals surface area (Å²) in [6.45, 7) is 7.02. The smallest absolute Gasteiger partial charge is 0.239 e. The van der Waals surface area contributed by atoms with E-state index in [2.05, 4.69) is 40.1 Å². The molecule has 1 saturated heterocycles. The number of anilines is 1. The standard InChI is InChI=1S/C24H29N3O2/c1-19(25-13-11-21(12-14-25)20-7-9-23(28)10-8-20)24(29)27-17-15-26(16-18-27)22-5-3-2-4-6-22/h2-11,19,28H,12-18H2,1H3. The molecule has 1 atom stereocenters. The number of phenolic OH excluding ortho intramolecular Hbond substituents is 1. The maximum atomic E-state index is 13.0. The molecule has 2 heterocycles. The van der Waals surface area contributed by atoms with E-state index in [9.17, 15) is 9.90 Å². The van der Waals surface area contributed by atoms with E-state index >= 15 is 0 Å². The molecule has 0 spiro atoms. The molecule has 0 aromatic heterocycles. The largest absolute Gasteiger partial charge is 0.508 e. The van der Waals surface area contributed by atoms with Gasteiger partial charge in [-0.15, -0.1) is 0 Å². The number of phenols is 1. The molecule has 4 rings (SSSR count). The van der Waals surface area contributed by atoms with Crippen LogP contribution in [0.2, 0.25) is 0 Å². The van der Waals surface area contributed by atoms with Gasteiger partial charge in [0.15, 0.2) is 0 Å². The lowest BCUT2D eigenvalue weighted by molar-refractivity contribution is -0.136. The molecule has 5 heteroatoms. The number of benzene rings is 2. The Bertz CT molecular complexity index is 855. The fourth-order valence-corrected chi connectivity index (χ4v) is 4.22. The third-order valence-corrected chi connectivity index (χ3v) is 6.10. The summed E-state index contributed by atoms with van der Waals surface area (Å²) in [6.07, 6.45) is 3.14. The molecule has 1 unspecified atom stereocenters. The third kappa shape index (κ3) is 4.46. The average molecular weight is 392 g/mol. The molecular weight excluding hydrogens is 362 g/mol. The predicted octanol–water partition coefficient (Wildman–Crippen LogP) is 3.22. The zero-order valence-electron chi connectivity index (χ0n) is 17.0. The molecular formula is C24H29N3O2. The highest BCUT2D eigenvalue weighted by Crippen LogP contribution is 2.25. The number of rotatable bonds is 4. The summed E-state index contributed by atoms with van der Waals surface area (Å²) >= 11 is 0. The number of piperazine rings is 1. The molecule has 2 aliphatic rings. The van der Waals surface area contributed by atoms with E-state index in [-0.39, 0.29) is 11.9 Å². The van der Waals surface area contributed by atoms with Crippen LogP contribution in [0.15, 0.2) is 60.7 Å². The van der Waals surface area contributed by atoms with Gasteiger partial charge in [-0.05, 0) is 48.7 Å². The lowest BCUT2D eigenvalue weighted by atomic mass is 9.98. The van der Waals surface area contributed by atoms with Crippen LogP contribution in [0.4, 0.5) is 5.69 Å². The molecule has 1 amide bonds. The summed E-state index contributed by atoms with van der Waals surface area (Å²) in [5.74, 6) is 0.526. The summed E-state index contributed by atoms with van der Waals surface area (Å²) in [5.41, 5.74) is 3.67. The quantitative estimate of drug-likeness (QED) is 0.869. The molecule has 1 N–H and O–H groups in total. The Labute approximate surface area is 172 Å². The molecule has 1 fully saturated rings. The van der Waals surface area contributed by atoms with Crippen molar-refractivity contribution in [2.24, 2.45) is 0 Å². The summed E-state index contributed by atoms with van der Waals surface area (Å²) in [4.78, 5) is 19.7. The van der Waals surface area contributed by atoms with E-state index in [0.717, 1.165) is 51.3 Å². The van der Waals surface area contributed by atoms with Crippen LogP contribution in [0.5, 0.6) is 5.75 Å². The highest BCUT2D eigenvalue weighted by molar-refractivity contribution is 5.82. The number of carbonyl (C=O) groups is 1. The number of hydrogen-bond donors (Lipinski definition) is 1. The van der Waals surface area contributed by atoms with Crippen molar-refractivity contribution in [1.82, 2.24) is 9.80 Å². The number of nitrogens with zero attached hydrogens (tertiary/aromatic N) is 3. The van der Waals surface area contributed by atoms with E-state index < -0.39 is 0 Å². The van der Waals surface area contributed by atoms with Crippen LogP contribution in [0.1, 0.15) is 18.9 Å². The molecule has 0 bridgehead atoms. The Morgan fingerprint density at radius 3 is 2.24 bits per heavy atom. The molecule has 0 saturated carbocycles. The Kier molecular flexibility index (Phi) is 5.86. The number of para-hydroxylation sites is 1. The fourth-order valence-electron chi connectivity index (χ4n) is 4.22. The number of aromatic hydroxyl groups is 1. The van der Waals surface area contributed by atoms with E-state index in [1.54, 1.807) is 12.1 Å². The first-order valence-corrected chi connectivity index (χ1v) is 10.4. The van der Waals surface area contributed by atoms with Gasteiger partial charge >= 0.3 is 0 Å². The minimum Gasteiger partial charge on any atom is -0.508 e. The van der Waals surface area contributed by atoms with Crippen LogP contribution in [0.3, 0.4) is 0 Å². The minimum absolute atomic E-state index is 0.101. The molecule has 5 nitrogen and oxygen atoms in total. The zero-order valence-corrected chi connectivity index (χ0v) is 17.0. The molecule has 29 heavy (non-hydrogen) atoms. The van der Waals surface area contributed by atoms with Crippen molar-refractivity contribution >= 4 is 17.2 Å². The van der Waals surface area contributed by atoms with Crippen molar-refractivity contribution in [2.75, 3.05) is 44.2 Å². The van der Waals surface area contributed by atoms with Crippen LogP contribution in [0.25, 0.3) is 5.57 Å². The second kappa shape index (κ2) is 8.70. The topological polar surface area (TPSA) is 47.0 Å². The minimum atomic E-state index is -0.101. The van der Waals surface area contributed by atoms with E-state index in [1.165, 1.54) is 11.3 Å². The summed E-state index contributed by atoms with van der Waals surface area (Å²) in [7, 11) is 0. The zero-order chi connectivity index (χ0) is 20.2. The fraction of sp³-hybridized carbons (Fsp3) is 0.375. The van der Waals surface area contributed by atoms with Crippen LogP contribution in [-0.2, 0) is 4.79 Å². The molecule has 2 aromatic rings. The van der Waals surface area contributed by atoms with Crippen molar-refractivity contribution in [3.63, 3.8) is 0 Å². The normalized spacial score (nSPS) is 19.0. The Balaban J connectivity index is 1.31. The van der Waals surface area contributed by atoms with Gasteiger partial charge in [0.2, 0.25) is 5.91 Å². The molecule has 0 radical (unpaired) electrons. The number of hydrogen-bond acceptors (Lipinski definition) is 4. The van der Waals surface area contributed by atoms with E-state index in [1.807, 2.05) is 30.0 Å². The van der Waals surface area contributed by atoms with Crippen molar-refractivity contribution < 1.29 is 9.90 Å². The predicted molar refractivity (Wildman–Crippen MR) is 117 cm³/mol. The van der Waals surface area contributed by atoms with Crippen LogP contribution in [0, 0.1) is 0 Å². The van der Waals surface area contributed by atoms with Gasteiger partial charge in [0.25, 0.3) is 0 Å². The Morgan fingerprint density at radius 2 is 1.62 bits per heavy atom. The van der Waals surface area contributed by atoms with E-state index in [0.29, 0.717) is 5.75 Å². The van der Waals surface area contributed by atoms with Crippen LogP contribution < -0.4 is 4.90 Å². The molecule has 2 aliphatic heterocycles. The first kappa shape index (κ1) is 19.5. The highest BCUT2D eigenvalue weighted by Gasteiger charge is 2.29. The van der Waals surface area contributed by atoms with Crippen LogP contribution in [-0.4, -0.2) is 66.1 Å². The third-order valence-electron chi connectivity index (χ3n) is 6.10. The van der Waals surface area contributed by atoms with Gasteiger partial charge in [-0.1, -0.05) is 36.4 Å². The number of carbonyl (C=O) groups excluding carboxylic acids is 1. The van der Waals surface area contributed by atoms with Gasteiger partial charge in [-0.2, -0.15) is 0 Å². The molecule has 152 valence electrons. The average Bonchev–Trinajstić information content (AvgIpc) is 2.79. The molecule has 2 aromatic carbocycles. The summed E-state index contributed by atoms with van der Waals surface area (Å²) < 4.78 is 0. The second-order valence-electron chi connectivity index (χ2n) is 7.85. The maximum absolute atomic E-state index is 13.0. The summed E-state index contributed by atoms with van der Waals surface area (Å²) in [6, 6.07) is 17.7. The Morgan fingerprint density at radius 1 is 0.931 bits per heavy atom. The van der Waals surface area contributed by atoms with Gasteiger partial charge in [0.1, 0.15) is 5.75 Å². The SMILES string of the molecule is CC(C(=O)N1CCN(c2ccccc2)CC1)N1CC=C(c2ccc(O)cc2)CC1. The van der Waals surface area contributed by atoms with Gasteiger partial charge in [0, 0.05) is 45.0 Å². The Hall–Kier alpha value is -2.79. The van der Waals surface area contributed by atoms with Crippen LogP contribution >= 0.6 is 0 Å². The van der Waals surface area contributed by atoms with Gasteiger partial charge < -0.3 is 14.9 Å². The lowest BCUT2D eigenvalue weighted by Crippen LogP contribution is -2.54. The first-order chi connectivity index (χ1) is 14.1.